The maximum atomic E-state index is 5.91. The Bertz CT molecular complexity index is 372. The van der Waals surface area contributed by atoms with E-state index in [9.17, 15) is 0 Å². The zero-order chi connectivity index (χ0) is 11.0. The summed E-state index contributed by atoms with van der Waals surface area (Å²) in [5.74, 6) is 2.30. The van der Waals surface area contributed by atoms with E-state index in [1.54, 1.807) is 0 Å². The van der Waals surface area contributed by atoms with Crippen molar-refractivity contribution in [2.24, 2.45) is 5.73 Å². The summed E-state index contributed by atoms with van der Waals surface area (Å²) < 4.78 is 2.30. The Morgan fingerprint density at radius 1 is 1.25 bits per heavy atom. The highest BCUT2D eigenvalue weighted by molar-refractivity contribution is 4.99. The Labute approximate surface area is 95.6 Å². The molecule has 1 saturated heterocycles. The van der Waals surface area contributed by atoms with Crippen molar-refractivity contribution in [1.82, 2.24) is 19.7 Å². The van der Waals surface area contributed by atoms with E-state index in [-0.39, 0.29) is 0 Å². The average molecular weight is 221 g/mol. The van der Waals surface area contributed by atoms with Gasteiger partial charge in [0.25, 0.3) is 0 Å². The van der Waals surface area contributed by atoms with Gasteiger partial charge < -0.3 is 10.3 Å². The number of rotatable bonds is 2. The van der Waals surface area contributed by atoms with Crippen LogP contribution in [0.3, 0.4) is 0 Å². The zero-order valence-corrected chi connectivity index (χ0v) is 9.60. The predicted molar refractivity (Wildman–Crippen MR) is 60.8 cm³/mol. The lowest BCUT2D eigenvalue weighted by atomic mass is 10.2. The molecule has 5 heteroatoms. The molecule has 0 unspecified atom stereocenters. The van der Waals surface area contributed by atoms with Crippen molar-refractivity contribution in [2.45, 2.75) is 44.8 Å². The van der Waals surface area contributed by atoms with E-state index in [0.29, 0.717) is 6.04 Å². The van der Waals surface area contributed by atoms with Crippen LogP contribution in [-0.4, -0.2) is 38.8 Å². The summed E-state index contributed by atoms with van der Waals surface area (Å²) in [5.41, 5.74) is 5.91. The first-order valence-electron chi connectivity index (χ1n) is 6.22. The molecule has 88 valence electrons. The molecule has 1 fully saturated rings. The van der Waals surface area contributed by atoms with E-state index in [2.05, 4.69) is 19.7 Å². The minimum absolute atomic E-state index is 0.351. The molecule has 5 nitrogen and oxygen atoms in total. The molecule has 0 aliphatic carbocycles. The van der Waals surface area contributed by atoms with Crippen LogP contribution < -0.4 is 5.73 Å². The molecule has 0 amide bonds. The van der Waals surface area contributed by atoms with Crippen molar-refractivity contribution in [3.8, 4) is 0 Å². The van der Waals surface area contributed by atoms with Gasteiger partial charge >= 0.3 is 0 Å². The monoisotopic (exact) mass is 221 g/mol. The molecule has 1 aromatic rings. The lowest BCUT2D eigenvalue weighted by Gasteiger charge is -2.18. The molecule has 0 aromatic carbocycles. The van der Waals surface area contributed by atoms with Crippen molar-refractivity contribution in [3.05, 3.63) is 11.6 Å². The summed E-state index contributed by atoms with van der Waals surface area (Å²) >= 11 is 0. The number of fused-ring (bicyclic) bond motifs is 1. The number of likely N-dealkylation sites (tertiary alicyclic amines) is 1. The van der Waals surface area contributed by atoms with Gasteiger partial charge in [0.15, 0.2) is 0 Å². The zero-order valence-electron chi connectivity index (χ0n) is 9.60. The van der Waals surface area contributed by atoms with Crippen molar-refractivity contribution in [1.29, 1.82) is 0 Å². The number of nitrogens with two attached hydrogens (primary N) is 1. The molecular weight excluding hydrogens is 202 g/mol. The lowest BCUT2D eigenvalue weighted by molar-refractivity contribution is 0.309. The van der Waals surface area contributed by atoms with Crippen LogP contribution in [-0.2, 0) is 19.5 Å². The van der Waals surface area contributed by atoms with Gasteiger partial charge in [-0.05, 0) is 19.3 Å². The third kappa shape index (κ3) is 1.85. The highest BCUT2D eigenvalue weighted by Crippen LogP contribution is 2.17. The van der Waals surface area contributed by atoms with Gasteiger partial charge in [0.1, 0.15) is 11.6 Å². The molecule has 2 aliphatic rings. The fraction of sp³-hybridized carbons (Fsp3) is 0.818. The molecule has 0 bridgehead atoms. The van der Waals surface area contributed by atoms with E-state index < -0.39 is 0 Å². The van der Waals surface area contributed by atoms with Crippen LogP contribution in [0.5, 0.6) is 0 Å². The first kappa shape index (κ1) is 10.2. The van der Waals surface area contributed by atoms with Gasteiger partial charge in [0.05, 0.1) is 6.54 Å². The minimum Gasteiger partial charge on any atom is -0.326 e. The second-order valence-electron chi connectivity index (χ2n) is 4.93. The number of aromatic nitrogens is 3. The molecule has 0 radical (unpaired) electrons. The fourth-order valence-corrected chi connectivity index (χ4v) is 2.69. The standard InChI is InChI=1S/C11H19N5/c12-9-4-6-15(7-9)8-11-14-13-10-3-1-2-5-16(10)11/h9H,1-8,12H2/t9-/m1/s1. The Balaban J connectivity index is 1.72. The van der Waals surface area contributed by atoms with Crippen molar-refractivity contribution >= 4 is 0 Å². The second kappa shape index (κ2) is 4.14. The largest absolute Gasteiger partial charge is 0.326 e. The summed E-state index contributed by atoms with van der Waals surface area (Å²) in [6.45, 7) is 4.11. The van der Waals surface area contributed by atoms with E-state index in [4.69, 9.17) is 5.73 Å². The minimum atomic E-state index is 0.351. The van der Waals surface area contributed by atoms with Crippen LogP contribution in [0.1, 0.15) is 30.9 Å². The van der Waals surface area contributed by atoms with Crippen LogP contribution in [0.2, 0.25) is 0 Å². The van der Waals surface area contributed by atoms with Gasteiger partial charge in [-0.2, -0.15) is 0 Å². The maximum Gasteiger partial charge on any atom is 0.147 e. The van der Waals surface area contributed by atoms with Gasteiger partial charge in [-0.1, -0.05) is 0 Å². The topological polar surface area (TPSA) is 60.0 Å². The Morgan fingerprint density at radius 3 is 3.00 bits per heavy atom. The highest BCUT2D eigenvalue weighted by Gasteiger charge is 2.22. The first-order valence-corrected chi connectivity index (χ1v) is 6.22. The van der Waals surface area contributed by atoms with Crippen LogP contribution >= 0.6 is 0 Å². The Kier molecular flexibility index (Phi) is 2.65. The quantitative estimate of drug-likeness (QED) is 0.772. The highest BCUT2D eigenvalue weighted by atomic mass is 15.3. The smallest absolute Gasteiger partial charge is 0.147 e. The van der Waals surface area contributed by atoms with Crippen LogP contribution in [0.25, 0.3) is 0 Å². The normalized spacial score (nSPS) is 25.9. The summed E-state index contributed by atoms with van der Waals surface area (Å²) in [6, 6.07) is 0.351. The van der Waals surface area contributed by atoms with Crippen LogP contribution in [0.15, 0.2) is 0 Å². The van der Waals surface area contributed by atoms with Crippen LogP contribution in [0.4, 0.5) is 0 Å². The van der Waals surface area contributed by atoms with E-state index in [1.807, 2.05) is 0 Å². The lowest BCUT2D eigenvalue weighted by Crippen LogP contribution is -2.27. The SMILES string of the molecule is N[C@@H]1CCN(Cc2nnc3n2CCCC3)C1. The molecule has 0 saturated carbocycles. The number of hydrogen-bond acceptors (Lipinski definition) is 4. The average Bonchev–Trinajstić information content (AvgIpc) is 2.87. The van der Waals surface area contributed by atoms with Crippen molar-refractivity contribution < 1.29 is 0 Å². The Hall–Kier alpha value is -0.940. The van der Waals surface area contributed by atoms with Gasteiger partial charge in [-0.25, -0.2) is 0 Å². The Morgan fingerprint density at radius 2 is 2.19 bits per heavy atom. The number of hydrogen-bond donors (Lipinski definition) is 1. The van der Waals surface area contributed by atoms with Crippen molar-refractivity contribution in [3.63, 3.8) is 0 Å². The molecule has 0 spiro atoms. The fourth-order valence-electron chi connectivity index (χ4n) is 2.69. The van der Waals surface area contributed by atoms with Gasteiger partial charge in [0.2, 0.25) is 0 Å². The summed E-state index contributed by atoms with van der Waals surface area (Å²) in [4.78, 5) is 2.39. The molecule has 1 atom stereocenters. The number of aryl methyl sites for hydroxylation is 1. The van der Waals surface area contributed by atoms with Gasteiger partial charge in [-0.15, -0.1) is 10.2 Å². The molecule has 3 rings (SSSR count). The molecule has 2 aliphatic heterocycles. The van der Waals surface area contributed by atoms with E-state index in [1.165, 1.54) is 18.7 Å². The predicted octanol–water partition coefficient (Wildman–Crippen LogP) is 0.147. The second-order valence-corrected chi connectivity index (χ2v) is 4.93. The first-order chi connectivity index (χ1) is 7.83. The molecular formula is C11H19N5. The number of nitrogens with zero attached hydrogens (tertiary/aromatic N) is 4. The molecule has 1 aromatic heterocycles. The van der Waals surface area contributed by atoms with Gasteiger partial charge in [-0.3, -0.25) is 4.90 Å². The third-order valence-corrected chi connectivity index (χ3v) is 3.61. The summed E-state index contributed by atoms with van der Waals surface area (Å²) in [7, 11) is 0. The third-order valence-electron chi connectivity index (χ3n) is 3.61. The van der Waals surface area contributed by atoms with E-state index in [0.717, 1.165) is 44.8 Å². The molecule has 2 N–H and O–H groups in total. The maximum absolute atomic E-state index is 5.91. The summed E-state index contributed by atoms with van der Waals surface area (Å²) in [6.07, 6.45) is 4.72. The summed E-state index contributed by atoms with van der Waals surface area (Å²) in [5, 5.41) is 8.59. The van der Waals surface area contributed by atoms with Gasteiger partial charge in [0, 0.05) is 32.1 Å². The molecule has 3 heterocycles. The van der Waals surface area contributed by atoms with E-state index >= 15 is 0 Å². The molecule has 16 heavy (non-hydrogen) atoms. The van der Waals surface area contributed by atoms with Crippen LogP contribution in [0, 0.1) is 0 Å². The van der Waals surface area contributed by atoms with Crippen molar-refractivity contribution in [2.75, 3.05) is 13.1 Å².